The predicted molar refractivity (Wildman–Crippen MR) is 68.8 cm³/mol. The first kappa shape index (κ1) is 15.1. The minimum atomic E-state index is -2.49. The highest BCUT2D eigenvalue weighted by molar-refractivity contribution is 5.19. The summed E-state index contributed by atoms with van der Waals surface area (Å²) < 4.78 is 27.7. The Labute approximate surface area is 108 Å². The third-order valence-corrected chi connectivity index (χ3v) is 2.94. The first-order valence-corrected chi connectivity index (χ1v) is 6.35. The summed E-state index contributed by atoms with van der Waals surface area (Å²) in [6.45, 7) is 10.3. The van der Waals surface area contributed by atoms with Crippen LogP contribution in [0.5, 0.6) is 0 Å². The predicted octanol–water partition coefficient (Wildman–Crippen LogP) is 3.68. The topological polar surface area (TPSA) is 29.9 Å². The molecule has 0 bridgehead atoms. The Bertz CT molecular complexity index is 380. The van der Waals surface area contributed by atoms with Gasteiger partial charge in [-0.05, 0) is 34.1 Å². The van der Waals surface area contributed by atoms with Gasteiger partial charge in [-0.3, -0.25) is 4.68 Å². The van der Waals surface area contributed by atoms with Gasteiger partial charge in [0.05, 0.1) is 6.20 Å². The Morgan fingerprint density at radius 3 is 2.44 bits per heavy atom. The van der Waals surface area contributed by atoms with E-state index in [4.69, 9.17) is 0 Å². The standard InChI is InChI=1S/C13H23F2N3/c1-6-9(2)18-11(12(14)15)10(8-17-18)7-16-13(3,4)5/h8-9,12,16H,6-7H2,1-5H3. The van der Waals surface area contributed by atoms with Crippen molar-refractivity contribution in [3.63, 3.8) is 0 Å². The Hall–Kier alpha value is -0.970. The van der Waals surface area contributed by atoms with E-state index < -0.39 is 6.43 Å². The summed E-state index contributed by atoms with van der Waals surface area (Å²) in [7, 11) is 0. The van der Waals surface area contributed by atoms with Crippen LogP contribution in [-0.4, -0.2) is 15.3 Å². The number of aromatic nitrogens is 2. The van der Waals surface area contributed by atoms with Crippen LogP contribution in [0.25, 0.3) is 0 Å². The highest BCUT2D eigenvalue weighted by Crippen LogP contribution is 2.26. The molecule has 0 saturated heterocycles. The zero-order chi connectivity index (χ0) is 13.9. The summed E-state index contributed by atoms with van der Waals surface area (Å²) in [5.74, 6) is 0. The number of rotatable bonds is 5. The summed E-state index contributed by atoms with van der Waals surface area (Å²) in [6.07, 6.45) is -0.154. The Morgan fingerprint density at radius 2 is 2.00 bits per heavy atom. The van der Waals surface area contributed by atoms with Crippen molar-refractivity contribution < 1.29 is 8.78 Å². The number of halogens is 2. The minimum Gasteiger partial charge on any atom is -0.308 e. The molecular formula is C13H23F2N3. The van der Waals surface area contributed by atoms with Crippen LogP contribution in [0.15, 0.2) is 6.20 Å². The molecule has 5 heteroatoms. The van der Waals surface area contributed by atoms with Gasteiger partial charge in [-0.1, -0.05) is 6.92 Å². The van der Waals surface area contributed by atoms with Crippen molar-refractivity contribution in [2.45, 2.75) is 65.6 Å². The van der Waals surface area contributed by atoms with Gasteiger partial charge in [0.15, 0.2) is 0 Å². The van der Waals surface area contributed by atoms with Crippen LogP contribution >= 0.6 is 0 Å². The number of nitrogens with one attached hydrogen (secondary N) is 1. The van der Waals surface area contributed by atoms with Crippen LogP contribution < -0.4 is 5.32 Å². The zero-order valence-corrected chi connectivity index (χ0v) is 11.8. The van der Waals surface area contributed by atoms with Gasteiger partial charge in [-0.15, -0.1) is 0 Å². The molecule has 1 atom stereocenters. The maximum absolute atomic E-state index is 13.1. The second-order valence-electron chi connectivity index (χ2n) is 5.66. The lowest BCUT2D eigenvalue weighted by atomic mass is 10.1. The number of hydrogen-bond donors (Lipinski definition) is 1. The van der Waals surface area contributed by atoms with E-state index in [2.05, 4.69) is 10.4 Å². The van der Waals surface area contributed by atoms with E-state index >= 15 is 0 Å². The molecule has 0 aromatic carbocycles. The lowest BCUT2D eigenvalue weighted by Crippen LogP contribution is -2.35. The summed E-state index contributed by atoms with van der Waals surface area (Å²) in [5.41, 5.74) is 0.527. The van der Waals surface area contributed by atoms with Gasteiger partial charge >= 0.3 is 0 Å². The molecule has 18 heavy (non-hydrogen) atoms. The second-order valence-corrected chi connectivity index (χ2v) is 5.66. The smallest absolute Gasteiger partial charge is 0.280 e. The lowest BCUT2D eigenvalue weighted by Gasteiger charge is -2.21. The summed E-state index contributed by atoms with van der Waals surface area (Å²) in [5, 5.41) is 7.32. The number of alkyl halides is 2. The van der Waals surface area contributed by atoms with E-state index in [1.54, 1.807) is 6.20 Å². The van der Waals surface area contributed by atoms with Crippen LogP contribution in [0.4, 0.5) is 8.78 Å². The third-order valence-electron chi connectivity index (χ3n) is 2.94. The molecule has 0 spiro atoms. The van der Waals surface area contributed by atoms with Crippen molar-refractivity contribution in [2.24, 2.45) is 0 Å². The van der Waals surface area contributed by atoms with E-state index in [-0.39, 0.29) is 17.3 Å². The fourth-order valence-corrected chi connectivity index (χ4v) is 1.67. The van der Waals surface area contributed by atoms with Crippen LogP contribution in [-0.2, 0) is 6.54 Å². The fourth-order valence-electron chi connectivity index (χ4n) is 1.67. The Kier molecular flexibility index (Phi) is 4.85. The molecule has 1 heterocycles. The maximum Gasteiger partial charge on any atom is 0.280 e. The van der Waals surface area contributed by atoms with E-state index in [0.717, 1.165) is 6.42 Å². The van der Waals surface area contributed by atoms with E-state index in [9.17, 15) is 8.78 Å². The van der Waals surface area contributed by atoms with Gasteiger partial charge in [-0.25, -0.2) is 8.78 Å². The minimum absolute atomic E-state index is 0.00242. The van der Waals surface area contributed by atoms with Crippen LogP contribution in [0.1, 0.15) is 64.8 Å². The van der Waals surface area contributed by atoms with Gasteiger partial charge in [0.1, 0.15) is 5.69 Å². The summed E-state index contributed by atoms with van der Waals surface area (Å²) in [6, 6.07) is -0.00242. The SMILES string of the molecule is CCC(C)n1ncc(CNC(C)(C)C)c1C(F)F. The van der Waals surface area contributed by atoms with Crippen LogP contribution in [0, 0.1) is 0 Å². The molecule has 0 radical (unpaired) electrons. The fraction of sp³-hybridized carbons (Fsp3) is 0.769. The number of hydrogen-bond acceptors (Lipinski definition) is 2. The van der Waals surface area contributed by atoms with Crippen molar-refractivity contribution in [3.05, 3.63) is 17.5 Å². The molecule has 3 nitrogen and oxygen atoms in total. The summed E-state index contributed by atoms with van der Waals surface area (Å²) >= 11 is 0. The van der Waals surface area contributed by atoms with Crippen molar-refractivity contribution in [3.8, 4) is 0 Å². The van der Waals surface area contributed by atoms with Gasteiger partial charge in [0.25, 0.3) is 6.43 Å². The van der Waals surface area contributed by atoms with E-state index in [0.29, 0.717) is 12.1 Å². The monoisotopic (exact) mass is 259 g/mol. The maximum atomic E-state index is 13.1. The Morgan fingerprint density at radius 1 is 1.39 bits per heavy atom. The second kappa shape index (κ2) is 5.78. The average Bonchev–Trinajstić information content (AvgIpc) is 2.68. The molecule has 1 rings (SSSR count). The van der Waals surface area contributed by atoms with E-state index in [1.165, 1.54) is 4.68 Å². The molecule has 1 aromatic heterocycles. The van der Waals surface area contributed by atoms with Crippen molar-refractivity contribution in [1.29, 1.82) is 0 Å². The third kappa shape index (κ3) is 3.77. The Balaban J connectivity index is 2.95. The number of nitrogens with zero attached hydrogens (tertiary/aromatic N) is 2. The van der Waals surface area contributed by atoms with Crippen molar-refractivity contribution in [2.75, 3.05) is 0 Å². The highest BCUT2D eigenvalue weighted by atomic mass is 19.3. The first-order valence-electron chi connectivity index (χ1n) is 6.35. The molecule has 0 aliphatic rings. The normalized spacial score (nSPS) is 14.2. The highest BCUT2D eigenvalue weighted by Gasteiger charge is 2.23. The van der Waals surface area contributed by atoms with Gasteiger partial charge < -0.3 is 5.32 Å². The van der Waals surface area contributed by atoms with E-state index in [1.807, 2.05) is 34.6 Å². The van der Waals surface area contributed by atoms with Crippen molar-refractivity contribution >= 4 is 0 Å². The molecule has 0 fully saturated rings. The van der Waals surface area contributed by atoms with Crippen LogP contribution in [0.2, 0.25) is 0 Å². The molecule has 0 amide bonds. The zero-order valence-electron chi connectivity index (χ0n) is 11.8. The first-order chi connectivity index (χ1) is 8.26. The molecule has 0 saturated carbocycles. The molecule has 104 valence electrons. The molecule has 1 aromatic rings. The van der Waals surface area contributed by atoms with Crippen LogP contribution in [0.3, 0.4) is 0 Å². The lowest BCUT2D eigenvalue weighted by molar-refractivity contribution is 0.134. The van der Waals surface area contributed by atoms with Gasteiger partial charge in [0.2, 0.25) is 0 Å². The summed E-state index contributed by atoms with van der Waals surface area (Å²) in [4.78, 5) is 0. The van der Waals surface area contributed by atoms with Crippen molar-refractivity contribution in [1.82, 2.24) is 15.1 Å². The molecule has 1 N–H and O–H groups in total. The van der Waals surface area contributed by atoms with Gasteiger partial charge in [0, 0.05) is 23.7 Å². The molecule has 0 aliphatic heterocycles. The van der Waals surface area contributed by atoms with Gasteiger partial charge in [-0.2, -0.15) is 5.10 Å². The largest absolute Gasteiger partial charge is 0.308 e. The molecule has 0 aliphatic carbocycles. The average molecular weight is 259 g/mol. The molecule has 1 unspecified atom stereocenters. The molecular weight excluding hydrogens is 236 g/mol. The quantitative estimate of drug-likeness (QED) is 0.874.